The highest BCUT2D eigenvalue weighted by Gasteiger charge is 2.16. The van der Waals surface area contributed by atoms with Crippen LogP contribution in [0, 0.1) is 0 Å². The number of ether oxygens (including phenoxy) is 1. The van der Waals surface area contributed by atoms with Crippen molar-refractivity contribution in [1.82, 2.24) is 4.90 Å². The van der Waals surface area contributed by atoms with Gasteiger partial charge in [0.15, 0.2) is 0 Å². The maximum absolute atomic E-state index is 12.1. The number of methoxy groups -OCH3 is 1. The van der Waals surface area contributed by atoms with Crippen LogP contribution >= 0.6 is 28.1 Å². The number of carbonyl (C=O) groups is 1. The molecule has 0 aromatic heterocycles. The Kier molecular flexibility index (Phi) is 4.89. The van der Waals surface area contributed by atoms with Crippen LogP contribution in [-0.2, 0) is 0 Å². The number of nitrogens with two attached hydrogens (primary N) is 1. The summed E-state index contributed by atoms with van der Waals surface area (Å²) in [5.74, 6) is 0.462. The molecule has 0 atom stereocenters. The molecule has 6 heteroatoms. The molecule has 1 aromatic rings. The molecule has 0 radical (unpaired) electrons. The van der Waals surface area contributed by atoms with Crippen LogP contribution in [0.1, 0.15) is 10.4 Å². The fourth-order valence-electron chi connectivity index (χ4n) is 1.31. The molecule has 4 nitrogen and oxygen atoms in total. The lowest BCUT2D eigenvalue weighted by atomic mass is 10.2. The van der Waals surface area contributed by atoms with E-state index in [2.05, 4.69) is 15.9 Å². The van der Waals surface area contributed by atoms with Gasteiger partial charge in [-0.25, -0.2) is 0 Å². The summed E-state index contributed by atoms with van der Waals surface area (Å²) in [7, 11) is 3.20. The minimum atomic E-state index is -0.163. The van der Waals surface area contributed by atoms with Gasteiger partial charge in [-0.2, -0.15) is 0 Å². The van der Waals surface area contributed by atoms with Gasteiger partial charge in [-0.1, -0.05) is 12.2 Å². The van der Waals surface area contributed by atoms with Crippen molar-refractivity contribution in [3.05, 3.63) is 28.2 Å². The molecular formula is C11H13BrN2O2S. The number of benzene rings is 1. The summed E-state index contributed by atoms with van der Waals surface area (Å²) in [4.78, 5) is 13.8. The third-order valence-corrected chi connectivity index (χ3v) is 2.96. The Balaban J connectivity index is 2.98. The maximum atomic E-state index is 12.1. The molecule has 0 unspecified atom stereocenters. The number of carbonyl (C=O) groups excluding carboxylic acids is 1. The van der Waals surface area contributed by atoms with E-state index in [4.69, 9.17) is 22.7 Å². The molecule has 0 aliphatic rings. The number of hydrogen-bond acceptors (Lipinski definition) is 3. The first-order valence-corrected chi connectivity index (χ1v) is 6.03. The molecule has 1 aromatic carbocycles. The molecule has 1 amide bonds. The highest BCUT2D eigenvalue weighted by Crippen LogP contribution is 2.23. The zero-order chi connectivity index (χ0) is 13.0. The Morgan fingerprint density at radius 1 is 1.59 bits per heavy atom. The molecule has 0 saturated heterocycles. The average Bonchev–Trinajstić information content (AvgIpc) is 2.28. The van der Waals surface area contributed by atoms with Crippen molar-refractivity contribution < 1.29 is 9.53 Å². The van der Waals surface area contributed by atoms with E-state index in [1.807, 2.05) is 0 Å². The SMILES string of the molecule is COc1ccc(Br)c(C(=O)N(C)CC(N)=S)c1. The van der Waals surface area contributed by atoms with Gasteiger partial charge >= 0.3 is 0 Å². The first-order valence-electron chi connectivity index (χ1n) is 4.83. The molecule has 0 spiro atoms. The first kappa shape index (κ1) is 13.9. The van der Waals surface area contributed by atoms with Crippen LogP contribution < -0.4 is 10.5 Å². The summed E-state index contributed by atoms with van der Waals surface area (Å²) in [6.07, 6.45) is 0. The lowest BCUT2D eigenvalue weighted by molar-refractivity contribution is 0.0814. The molecule has 2 N–H and O–H groups in total. The predicted octanol–water partition coefficient (Wildman–Crippen LogP) is 1.82. The molecule has 0 heterocycles. The Morgan fingerprint density at radius 3 is 2.76 bits per heavy atom. The maximum Gasteiger partial charge on any atom is 0.255 e. The number of halogens is 1. The third-order valence-electron chi connectivity index (χ3n) is 2.14. The zero-order valence-electron chi connectivity index (χ0n) is 9.57. The van der Waals surface area contributed by atoms with Gasteiger partial charge in [0.05, 0.1) is 24.2 Å². The molecule has 0 saturated carbocycles. The number of rotatable bonds is 4. The van der Waals surface area contributed by atoms with E-state index in [1.165, 1.54) is 4.90 Å². The lowest BCUT2D eigenvalue weighted by Gasteiger charge is -2.17. The Bertz CT molecular complexity index is 451. The first-order chi connectivity index (χ1) is 7.95. The second kappa shape index (κ2) is 5.97. The van der Waals surface area contributed by atoms with E-state index in [1.54, 1.807) is 32.4 Å². The molecule has 0 aliphatic heterocycles. The van der Waals surface area contributed by atoms with E-state index in [0.717, 1.165) is 0 Å². The van der Waals surface area contributed by atoms with Gasteiger partial charge in [0.2, 0.25) is 0 Å². The molecule has 0 bridgehead atoms. The summed E-state index contributed by atoms with van der Waals surface area (Å²) >= 11 is 8.10. The minimum Gasteiger partial charge on any atom is -0.497 e. The van der Waals surface area contributed by atoms with Gasteiger partial charge in [-0.3, -0.25) is 4.79 Å². The minimum absolute atomic E-state index is 0.163. The Hall–Kier alpha value is -1.14. The number of hydrogen-bond donors (Lipinski definition) is 1. The van der Waals surface area contributed by atoms with Gasteiger partial charge in [-0.05, 0) is 34.1 Å². The van der Waals surface area contributed by atoms with Crippen molar-refractivity contribution in [2.24, 2.45) is 5.73 Å². The van der Waals surface area contributed by atoms with Crippen molar-refractivity contribution in [2.75, 3.05) is 20.7 Å². The van der Waals surface area contributed by atoms with Crippen molar-refractivity contribution in [1.29, 1.82) is 0 Å². The van der Waals surface area contributed by atoms with E-state index in [0.29, 0.717) is 15.8 Å². The van der Waals surface area contributed by atoms with Crippen LogP contribution in [0.15, 0.2) is 22.7 Å². The number of likely N-dealkylation sites (N-methyl/N-ethyl adjacent to an activating group) is 1. The van der Waals surface area contributed by atoms with Crippen molar-refractivity contribution in [3.63, 3.8) is 0 Å². The standard InChI is InChI=1S/C11H13BrN2O2S/c1-14(6-10(13)17)11(15)8-5-7(16-2)3-4-9(8)12/h3-5H,6H2,1-2H3,(H2,13,17). The number of amides is 1. The second-order valence-electron chi connectivity index (χ2n) is 3.47. The molecule has 17 heavy (non-hydrogen) atoms. The smallest absolute Gasteiger partial charge is 0.255 e. The topological polar surface area (TPSA) is 55.6 Å². The summed E-state index contributed by atoms with van der Waals surface area (Å²) in [6, 6.07) is 5.21. The number of thiocarbonyl (C=S) groups is 1. The van der Waals surface area contributed by atoms with Crippen LogP contribution in [0.2, 0.25) is 0 Å². The van der Waals surface area contributed by atoms with Crippen LogP contribution in [0.3, 0.4) is 0 Å². The molecular weight excluding hydrogens is 304 g/mol. The molecule has 0 aliphatic carbocycles. The largest absolute Gasteiger partial charge is 0.497 e. The molecule has 0 fully saturated rings. The van der Waals surface area contributed by atoms with Crippen molar-refractivity contribution in [3.8, 4) is 5.75 Å². The lowest BCUT2D eigenvalue weighted by Crippen LogP contribution is -2.34. The number of nitrogens with zero attached hydrogens (tertiary/aromatic N) is 1. The average molecular weight is 317 g/mol. The van der Waals surface area contributed by atoms with Gasteiger partial charge in [-0.15, -0.1) is 0 Å². The summed E-state index contributed by atoms with van der Waals surface area (Å²) in [6.45, 7) is 0.248. The van der Waals surface area contributed by atoms with E-state index in [-0.39, 0.29) is 17.4 Å². The normalized spacial score (nSPS) is 9.82. The highest BCUT2D eigenvalue weighted by molar-refractivity contribution is 9.10. The fraction of sp³-hybridized carbons (Fsp3) is 0.273. The van der Waals surface area contributed by atoms with Crippen LogP contribution in [0.5, 0.6) is 5.75 Å². The summed E-state index contributed by atoms with van der Waals surface area (Å²) in [5, 5.41) is 0. The monoisotopic (exact) mass is 316 g/mol. The van der Waals surface area contributed by atoms with Gasteiger partial charge < -0.3 is 15.4 Å². The quantitative estimate of drug-likeness (QED) is 0.861. The third kappa shape index (κ3) is 3.67. The van der Waals surface area contributed by atoms with Crippen LogP contribution in [0.25, 0.3) is 0 Å². The van der Waals surface area contributed by atoms with Crippen LogP contribution in [-0.4, -0.2) is 36.5 Å². The van der Waals surface area contributed by atoms with E-state index >= 15 is 0 Å². The Labute approximate surface area is 114 Å². The molecule has 92 valence electrons. The van der Waals surface area contributed by atoms with E-state index in [9.17, 15) is 4.79 Å². The van der Waals surface area contributed by atoms with Gasteiger partial charge in [0.1, 0.15) is 5.75 Å². The zero-order valence-corrected chi connectivity index (χ0v) is 12.0. The molecule has 1 rings (SSSR count). The van der Waals surface area contributed by atoms with Gasteiger partial charge in [0, 0.05) is 11.5 Å². The van der Waals surface area contributed by atoms with Crippen molar-refractivity contribution >= 4 is 39.0 Å². The predicted molar refractivity (Wildman–Crippen MR) is 74.4 cm³/mol. The van der Waals surface area contributed by atoms with Crippen molar-refractivity contribution in [2.45, 2.75) is 0 Å². The van der Waals surface area contributed by atoms with E-state index < -0.39 is 0 Å². The summed E-state index contributed by atoms with van der Waals surface area (Å²) < 4.78 is 5.79. The Morgan fingerprint density at radius 2 is 2.24 bits per heavy atom. The second-order valence-corrected chi connectivity index (χ2v) is 4.85. The highest BCUT2D eigenvalue weighted by atomic mass is 79.9. The van der Waals surface area contributed by atoms with Crippen LogP contribution in [0.4, 0.5) is 0 Å². The summed E-state index contributed by atoms with van der Waals surface area (Å²) in [5.41, 5.74) is 5.92. The van der Waals surface area contributed by atoms with Gasteiger partial charge in [0.25, 0.3) is 5.91 Å². The fourth-order valence-corrected chi connectivity index (χ4v) is 1.92.